The van der Waals surface area contributed by atoms with Crippen LogP contribution in [0.4, 0.5) is 17.2 Å². The molecule has 2 rings (SSSR count). The van der Waals surface area contributed by atoms with Crippen LogP contribution in [0.1, 0.15) is 10.5 Å². The maximum absolute atomic E-state index is 11.8. The van der Waals surface area contributed by atoms with Crippen LogP contribution in [-0.2, 0) is 0 Å². The summed E-state index contributed by atoms with van der Waals surface area (Å²) < 4.78 is 0. The molecule has 8 nitrogen and oxygen atoms in total. The maximum atomic E-state index is 11.8. The van der Waals surface area contributed by atoms with Gasteiger partial charge in [-0.1, -0.05) is 0 Å². The molecule has 3 N–H and O–H groups in total. The van der Waals surface area contributed by atoms with E-state index in [1.54, 1.807) is 0 Å². The van der Waals surface area contributed by atoms with Gasteiger partial charge in [-0.15, -0.1) is 0 Å². The van der Waals surface area contributed by atoms with E-state index in [1.807, 2.05) is 0 Å². The van der Waals surface area contributed by atoms with Gasteiger partial charge in [-0.3, -0.25) is 14.9 Å². The van der Waals surface area contributed by atoms with Crippen molar-refractivity contribution in [1.82, 2.24) is 9.97 Å². The van der Waals surface area contributed by atoms with Gasteiger partial charge in [0.2, 0.25) is 0 Å². The maximum Gasteiger partial charge on any atom is 0.275 e. The monoisotopic (exact) mass is 259 g/mol. The van der Waals surface area contributed by atoms with Gasteiger partial charge in [0.05, 0.1) is 17.3 Å². The summed E-state index contributed by atoms with van der Waals surface area (Å²) >= 11 is 0. The zero-order valence-electron chi connectivity index (χ0n) is 9.61. The van der Waals surface area contributed by atoms with Gasteiger partial charge in [0.25, 0.3) is 11.6 Å². The van der Waals surface area contributed by atoms with Crippen LogP contribution in [0, 0.1) is 10.1 Å². The molecule has 96 valence electrons. The highest BCUT2D eigenvalue weighted by atomic mass is 16.6. The number of non-ortho nitro benzene ring substituents is 1. The minimum absolute atomic E-state index is 0.0507. The third-order valence-electron chi connectivity index (χ3n) is 2.24. The van der Waals surface area contributed by atoms with Gasteiger partial charge in [-0.05, 0) is 12.1 Å². The molecule has 0 bridgehead atoms. The zero-order chi connectivity index (χ0) is 13.8. The predicted octanol–water partition coefficient (Wildman–Crippen LogP) is 1.22. The fraction of sp³-hybridized carbons (Fsp3) is 0. The number of nitrogens with one attached hydrogen (secondary N) is 1. The van der Waals surface area contributed by atoms with Crippen LogP contribution in [0.2, 0.25) is 0 Å². The molecule has 0 aliphatic rings. The number of aromatic nitrogens is 2. The van der Waals surface area contributed by atoms with E-state index in [0.717, 1.165) is 0 Å². The summed E-state index contributed by atoms with van der Waals surface area (Å²) in [7, 11) is 0. The fourth-order valence-electron chi connectivity index (χ4n) is 1.32. The molecule has 1 heterocycles. The van der Waals surface area contributed by atoms with Crippen molar-refractivity contribution in [2.45, 2.75) is 0 Å². The number of nitrogen functional groups attached to an aromatic ring is 1. The van der Waals surface area contributed by atoms with Crippen molar-refractivity contribution in [2.75, 3.05) is 11.1 Å². The number of carbonyl (C=O) groups excluding carboxylic acids is 1. The number of nitro groups is 1. The highest BCUT2D eigenvalue weighted by Crippen LogP contribution is 2.15. The van der Waals surface area contributed by atoms with Crippen molar-refractivity contribution in [3.05, 3.63) is 52.5 Å². The normalized spacial score (nSPS) is 9.89. The third kappa shape index (κ3) is 3.00. The second-order valence-electron chi connectivity index (χ2n) is 3.58. The Labute approximate surface area is 107 Å². The second-order valence-corrected chi connectivity index (χ2v) is 3.58. The van der Waals surface area contributed by atoms with Crippen LogP contribution in [0.25, 0.3) is 0 Å². The fourth-order valence-corrected chi connectivity index (χ4v) is 1.32. The Kier molecular flexibility index (Phi) is 3.33. The molecule has 0 radical (unpaired) electrons. The summed E-state index contributed by atoms with van der Waals surface area (Å²) in [5.41, 5.74) is 5.83. The summed E-state index contributed by atoms with van der Waals surface area (Å²) in [5.74, 6) is -0.256. The van der Waals surface area contributed by atoms with Gasteiger partial charge >= 0.3 is 0 Å². The molecule has 0 unspecified atom stereocenters. The van der Waals surface area contributed by atoms with E-state index in [9.17, 15) is 14.9 Å². The average Bonchev–Trinajstić information content (AvgIpc) is 2.40. The van der Waals surface area contributed by atoms with Crippen LogP contribution in [-0.4, -0.2) is 20.8 Å². The van der Waals surface area contributed by atoms with Crippen molar-refractivity contribution < 1.29 is 9.72 Å². The lowest BCUT2D eigenvalue weighted by Gasteiger charge is -2.04. The van der Waals surface area contributed by atoms with Crippen LogP contribution >= 0.6 is 0 Å². The molecule has 1 aromatic carbocycles. The van der Waals surface area contributed by atoms with Gasteiger partial charge in [0.1, 0.15) is 11.5 Å². The number of hydrogen-bond acceptors (Lipinski definition) is 6. The van der Waals surface area contributed by atoms with Crippen LogP contribution in [0.15, 0.2) is 36.7 Å². The summed E-state index contributed by atoms with van der Waals surface area (Å²) in [5, 5.41) is 13.0. The van der Waals surface area contributed by atoms with E-state index in [0.29, 0.717) is 5.69 Å². The first-order chi connectivity index (χ1) is 9.06. The third-order valence-corrected chi connectivity index (χ3v) is 2.24. The average molecular weight is 259 g/mol. The van der Waals surface area contributed by atoms with E-state index < -0.39 is 10.8 Å². The summed E-state index contributed by atoms with van der Waals surface area (Å²) in [6.07, 6.45) is 2.51. The van der Waals surface area contributed by atoms with Crippen molar-refractivity contribution >= 4 is 23.1 Å². The molecule has 19 heavy (non-hydrogen) atoms. The largest absolute Gasteiger partial charge is 0.382 e. The Hall–Kier alpha value is -3.03. The quantitative estimate of drug-likeness (QED) is 0.630. The molecule has 0 spiro atoms. The Bertz CT molecular complexity index is 609. The Morgan fingerprint density at radius 3 is 2.42 bits per heavy atom. The first kappa shape index (κ1) is 12.4. The first-order valence-corrected chi connectivity index (χ1v) is 5.19. The first-order valence-electron chi connectivity index (χ1n) is 5.19. The number of nitro benzene ring substituents is 1. The highest BCUT2D eigenvalue weighted by Gasteiger charge is 2.09. The van der Waals surface area contributed by atoms with Crippen LogP contribution in [0.3, 0.4) is 0 Å². The van der Waals surface area contributed by atoms with E-state index in [1.165, 1.54) is 36.7 Å². The van der Waals surface area contributed by atoms with Gasteiger partial charge in [-0.25, -0.2) is 9.97 Å². The predicted molar refractivity (Wildman–Crippen MR) is 67.5 cm³/mol. The number of nitrogens with zero attached hydrogens (tertiary/aromatic N) is 3. The zero-order valence-corrected chi connectivity index (χ0v) is 9.61. The Morgan fingerprint density at radius 2 is 1.89 bits per heavy atom. The molecule has 0 aliphatic carbocycles. The molecule has 2 aromatic rings. The number of nitrogens with two attached hydrogens (primary N) is 1. The summed E-state index contributed by atoms with van der Waals surface area (Å²) in [6.45, 7) is 0. The molecule has 0 saturated carbocycles. The Balaban J connectivity index is 2.10. The number of amides is 1. The number of hydrogen-bond donors (Lipinski definition) is 2. The number of carbonyl (C=O) groups is 1. The smallest absolute Gasteiger partial charge is 0.275 e. The van der Waals surface area contributed by atoms with E-state index in [-0.39, 0.29) is 17.2 Å². The minimum atomic E-state index is -0.517. The topological polar surface area (TPSA) is 124 Å². The van der Waals surface area contributed by atoms with E-state index >= 15 is 0 Å². The van der Waals surface area contributed by atoms with E-state index in [2.05, 4.69) is 15.3 Å². The molecule has 0 saturated heterocycles. The lowest BCUT2D eigenvalue weighted by molar-refractivity contribution is -0.384. The molecule has 0 atom stereocenters. The van der Waals surface area contributed by atoms with Gasteiger partial charge in [-0.2, -0.15) is 0 Å². The van der Waals surface area contributed by atoms with Crippen molar-refractivity contribution in [1.29, 1.82) is 0 Å². The Morgan fingerprint density at radius 1 is 1.21 bits per heavy atom. The lowest BCUT2D eigenvalue weighted by atomic mass is 10.3. The summed E-state index contributed by atoms with van der Waals surface area (Å²) in [4.78, 5) is 29.3. The molecule has 8 heteroatoms. The van der Waals surface area contributed by atoms with Gasteiger partial charge < -0.3 is 11.1 Å². The van der Waals surface area contributed by atoms with Gasteiger partial charge in [0.15, 0.2) is 0 Å². The lowest BCUT2D eigenvalue weighted by Crippen LogP contribution is -2.14. The van der Waals surface area contributed by atoms with Crippen molar-refractivity contribution in [3.8, 4) is 0 Å². The number of rotatable bonds is 3. The second kappa shape index (κ2) is 5.08. The van der Waals surface area contributed by atoms with Crippen LogP contribution < -0.4 is 11.1 Å². The molecule has 1 amide bonds. The molecular weight excluding hydrogens is 250 g/mol. The molecule has 1 aromatic heterocycles. The summed E-state index contributed by atoms with van der Waals surface area (Å²) in [6, 6.07) is 5.45. The molecule has 0 fully saturated rings. The van der Waals surface area contributed by atoms with Gasteiger partial charge in [0, 0.05) is 17.8 Å². The number of anilines is 2. The molecular formula is C11H9N5O3. The van der Waals surface area contributed by atoms with Crippen molar-refractivity contribution in [3.63, 3.8) is 0 Å². The minimum Gasteiger partial charge on any atom is -0.382 e. The van der Waals surface area contributed by atoms with E-state index in [4.69, 9.17) is 5.73 Å². The SMILES string of the molecule is Nc1cnc(C(=O)Nc2ccc([N+](=O)[O-])cc2)cn1. The van der Waals surface area contributed by atoms with Crippen molar-refractivity contribution in [2.24, 2.45) is 0 Å². The molecule has 0 aliphatic heterocycles. The number of benzene rings is 1. The standard InChI is InChI=1S/C11H9N5O3/c12-10-6-13-9(5-14-10)11(17)15-7-1-3-8(4-2-7)16(18)19/h1-6H,(H2,12,14)(H,15,17). The van der Waals surface area contributed by atoms with Crippen LogP contribution in [0.5, 0.6) is 0 Å². The highest BCUT2D eigenvalue weighted by molar-refractivity contribution is 6.02.